The lowest BCUT2D eigenvalue weighted by Gasteiger charge is -2.35. The van der Waals surface area contributed by atoms with Crippen molar-refractivity contribution in [1.82, 2.24) is 0 Å². The van der Waals surface area contributed by atoms with Crippen molar-refractivity contribution in [1.29, 1.82) is 0 Å². The van der Waals surface area contributed by atoms with Crippen LogP contribution >= 0.6 is 95.6 Å². The zero-order valence-corrected chi connectivity index (χ0v) is 45.5. The maximum atomic E-state index is 13.0. The molecule has 0 amide bonds. The molecule has 0 saturated heterocycles. The monoisotopic (exact) mass is 1280 g/mol. The highest BCUT2D eigenvalue weighted by Gasteiger charge is 2.55. The maximum Gasteiger partial charge on any atom is 0.450 e. The van der Waals surface area contributed by atoms with Crippen molar-refractivity contribution in [3.8, 4) is 0 Å². The summed E-state index contributed by atoms with van der Waals surface area (Å²) < 4.78 is 77.4. The van der Waals surface area contributed by atoms with Crippen LogP contribution in [-0.2, 0) is 47.2 Å². The second kappa shape index (κ2) is 21.8. The van der Waals surface area contributed by atoms with Gasteiger partial charge < -0.3 is 19.7 Å². The first-order valence-corrected chi connectivity index (χ1v) is 27.5. The van der Waals surface area contributed by atoms with Crippen molar-refractivity contribution < 1.29 is 54.9 Å². The largest absolute Gasteiger partial charge is 0.748 e. The fraction of sp³-hybridized carbons (Fsp3) is 0.463. The molecule has 3 N–H and O–H groups in total. The molecule has 0 radical (unpaired) electrons. The molecule has 3 atom stereocenters. The maximum absolute atomic E-state index is 13.0. The van der Waals surface area contributed by atoms with Gasteiger partial charge in [-0.3, -0.25) is 14.1 Å². The number of carboxylic acid groups (broad SMARTS) is 2. The van der Waals surface area contributed by atoms with Gasteiger partial charge in [-0.1, -0.05) is 63.0 Å². The molecule has 0 aliphatic carbocycles. The predicted molar refractivity (Wildman–Crippen MR) is 260 cm³/mol. The lowest BCUT2D eigenvalue weighted by molar-refractivity contribution is -0.746. The van der Waals surface area contributed by atoms with Crippen LogP contribution in [0.2, 0.25) is 0 Å². The van der Waals surface area contributed by atoms with Gasteiger partial charge in [-0.05, 0) is 125 Å². The summed E-state index contributed by atoms with van der Waals surface area (Å²) in [6.07, 6.45) is 17.0. The molecule has 4 rings (SSSR count). The number of anilines is 1. The molecule has 340 valence electrons. The second-order valence-electron chi connectivity index (χ2n) is 15.6. The third kappa shape index (κ3) is 11.9. The zero-order chi connectivity index (χ0) is 46.5. The Bertz CT molecular complexity index is 2490. The van der Waals surface area contributed by atoms with E-state index < -0.39 is 60.6 Å². The van der Waals surface area contributed by atoms with E-state index in [4.69, 9.17) is 0 Å². The number of hydrogen-bond acceptors (Lipinski definition) is 8. The number of unbranched alkanes of at least 4 members (excludes halogenated alkanes) is 3. The highest BCUT2D eigenvalue weighted by atomic mass is 79.9. The Morgan fingerprint density at radius 3 is 2.10 bits per heavy atom. The standard InChI is InChI=1S/C41H47Br6N3O10S2/c1-5-6-16-25(39(53)54)41(3)29(50(24-62(58,59)60)27-23-26(42)33(43)34(44)31(27)41)18-12-9-7-8-11-17-28-40(2,20-14-10-13-19-30(51)52)32-35(45)36(46)37(47)49(38(32)48(28)4)21-15-22-61(55,56)57/h7-9,11-12,17-18,23,25H,5-6,10,13-16,19-22,24H2,1-4H3,(H2-2,51,52,53,54,55,56,57,58,59,60)/p+1. The van der Waals surface area contributed by atoms with E-state index in [2.05, 4.69) is 103 Å². The predicted octanol–water partition coefficient (Wildman–Crippen LogP) is 10.6. The normalized spacial score (nSPS) is 20.4. The van der Waals surface area contributed by atoms with Gasteiger partial charge in [0.25, 0.3) is 14.7 Å². The van der Waals surface area contributed by atoms with Crippen molar-refractivity contribution in [2.24, 2.45) is 5.92 Å². The van der Waals surface area contributed by atoms with Crippen molar-refractivity contribution in [2.45, 2.75) is 95.9 Å². The van der Waals surface area contributed by atoms with Gasteiger partial charge in [-0.2, -0.15) is 8.42 Å². The summed E-state index contributed by atoms with van der Waals surface area (Å²) in [7, 11) is -7.10. The third-order valence-electron chi connectivity index (χ3n) is 11.3. The van der Waals surface area contributed by atoms with Gasteiger partial charge in [0, 0.05) is 76.4 Å². The number of benzene rings is 1. The zero-order valence-electron chi connectivity index (χ0n) is 34.3. The van der Waals surface area contributed by atoms with Gasteiger partial charge in [0.1, 0.15) is 17.1 Å². The highest BCUT2D eigenvalue weighted by Crippen LogP contribution is 2.58. The van der Waals surface area contributed by atoms with Gasteiger partial charge in [-0.15, -0.1) is 9.14 Å². The Hall–Kier alpha value is -1.56. The lowest BCUT2D eigenvalue weighted by Crippen LogP contribution is -2.41. The van der Waals surface area contributed by atoms with Gasteiger partial charge in [0.2, 0.25) is 0 Å². The molecule has 2 aromatic rings. The number of nitrogens with zero attached hydrogens (tertiary/aromatic N) is 3. The van der Waals surface area contributed by atoms with E-state index in [0.29, 0.717) is 71.5 Å². The molecule has 2 aliphatic rings. The van der Waals surface area contributed by atoms with Crippen LogP contribution < -0.4 is 9.47 Å². The molecule has 0 spiro atoms. The molecule has 21 heteroatoms. The molecule has 62 heavy (non-hydrogen) atoms. The van der Waals surface area contributed by atoms with Crippen LogP contribution in [0.4, 0.5) is 11.5 Å². The smallest absolute Gasteiger partial charge is 0.450 e. The van der Waals surface area contributed by atoms with E-state index in [-0.39, 0.29) is 19.4 Å². The Morgan fingerprint density at radius 2 is 1.50 bits per heavy atom. The first kappa shape index (κ1) is 53.1. The van der Waals surface area contributed by atoms with E-state index >= 15 is 0 Å². The molecule has 3 heterocycles. The third-order valence-corrected chi connectivity index (χ3v) is 19.4. The Labute approximate surface area is 413 Å². The first-order valence-electron chi connectivity index (χ1n) is 19.6. The van der Waals surface area contributed by atoms with Crippen LogP contribution in [0.5, 0.6) is 0 Å². The average Bonchev–Trinajstić information content (AvgIpc) is 3.51. The van der Waals surface area contributed by atoms with E-state index in [1.54, 1.807) is 37.3 Å². The number of aliphatic carboxylic acids is 2. The summed E-state index contributed by atoms with van der Waals surface area (Å²) in [6.45, 7) is 6.09. The Morgan fingerprint density at radius 1 is 0.871 bits per heavy atom. The minimum absolute atomic E-state index is 0.0698. The van der Waals surface area contributed by atoms with Crippen LogP contribution in [0, 0.1) is 5.92 Å². The van der Waals surface area contributed by atoms with Crippen LogP contribution in [0.15, 0.2) is 81.3 Å². The van der Waals surface area contributed by atoms with Crippen LogP contribution in [-0.4, -0.2) is 77.1 Å². The Balaban J connectivity index is 1.79. The van der Waals surface area contributed by atoms with Gasteiger partial charge in [-0.25, -0.2) is 8.42 Å². The minimum Gasteiger partial charge on any atom is -0.748 e. The number of hydrogen-bond donors (Lipinski definition) is 3. The Kier molecular flexibility index (Phi) is 18.7. The molecular weight excluding hydrogens is 1240 g/mol. The molecule has 0 saturated carbocycles. The number of fused-ring (bicyclic) bond motifs is 2. The molecular formula is C41H48Br6N3O10S2+. The number of rotatable bonds is 21. The van der Waals surface area contributed by atoms with E-state index in [1.165, 1.54) is 4.90 Å². The van der Waals surface area contributed by atoms with E-state index in [9.17, 15) is 45.7 Å². The highest BCUT2D eigenvalue weighted by molar-refractivity contribution is 9.15. The van der Waals surface area contributed by atoms with Gasteiger partial charge in [0.05, 0.1) is 25.9 Å². The van der Waals surface area contributed by atoms with Gasteiger partial charge in [0.15, 0.2) is 18.1 Å². The molecule has 0 bridgehead atoms. The number of halogens is 6. The molecule has 13 nitrogen and oxygen atoms in total. The van der Waals surface area contributed by atoms with Crippen LogP contribution in [0.25, 0.3) is 0 Å². The molecule has 1 aromatic heterocycles. The fourth-order valence-corrected chi connectivity index (χ4v) is 13.4. The average molecular weight is 1290 g/mol. The summed E-state index contributed by atoms with van der Waals surface area (Å²) in [6, 6.07) is 1.70. The summed E-state index contributed by atoms with van der Waals surface area (Å²) in [5.74, 6) is -3.38. The minimum atomic E-state index is -4.58. The molecule has 3 unspecified atom stereocenters. The van der Waals surface area contributed by atoms with Crippen molar-refractivity contribution in [2.75, 3.05) is 23.6 Å². The van der Waals surface area contributed by atoms with E-state index in [1.807, 2.05) is 41.3 Å². The van der Waals surface area contributed by atoms with Crippen molar-refractivity contribution in [3.05, 3.63) is 92.4 Å². The number of carboxylic acids is 2. The van der Waals surface area contributed by atoms with Crippen LogP contribution in [0.1, 0.15) is 89.7 Å². The first-order chi connectivity index (χ1) is 28.8. The number of pyridine rings is 1. The molecule has 0 fully saturated rings. The lowest BCUT2D eigenvalue weighted by atomic mass is 9.69. The summed E-state index contributed by atoms with van der Waals surface area (Å²) in [5.41, 5.74) is 1.40. The summed E-state index contributed by atoms with van der Waals surface area (Å²) in [5, 5.41) is 19.8. The number of aromatic nitrogens is 1. The SMILES string of the molecule is CCCCC(C(=O)O)C1(C)/C(=C/C=C/C=C/C=C/C2=[N+](C)c3c(c(Br)c(Br)c(Br)[n+]3CCCS(=O)(=O)[O-])C2(C)CCCCCC(=O)O)N(CS(=O)(=O)O)c2cc(Br)c(Br)c(Br)c21. The van der Waals surface area contributed by atoms with Crippen molar-refractivity contribution >= 4 is 145 Å². The van der Waals surface area contributed by atoms with Gasteiger partial charge >= 0.3 is 17.8 Å². The molecule has 1 aromatic carbocycles. The summed E-state index contributed by atoms with van der Waals surface area (Å²) in [4.78, 5) is 25.7. The topological polar surface area (TPSA) is 196 Å². The van der Waals surface area contributed by atoms with Crippen LogP contribution in [0.3, 0.4) is 0 Å². The fourth-order valence-electron chi connectivity index (χ4n) is 8.48. The van der Waals surface area contributed by atoms with Crippen molar-refractivity contribution in [3.63, 3.8) is 0 Å². The second-order valence-corrected chi connectivity index (χ2v) is 23.3. The number of carbonyl (C=O) groups is 2. The molecule has 2 aliphatic heterocycles. The quantitative estimate of drug-likeness (QED) is 0.0269. The summed E-state index contributed by atoms with van der Waals surface area (Å²) >= 11 is 21.9. The number of allylic oxidation sites excluding steroid dienone is 8. The van der Waals surface area contributed by atoms with E-state index in [0.717, 1.165) is 34.4 Å².